The average Bonchev–Trinajstić information content (AvgIpc) is 3.15. The number of aryl methyl sites for hydroxylation is 1. The normalized spacial score (nSPS) is 26.9. The van der Waals surface area contributed by atoms with Gasteiger partial charge in [0.25, 0.3) is 0 Å². The molecule has 3 aliphatic carbocycles. The van der Waals surface area contributed by atoms with Crippen LogP contribution in [-0.4, -0.2) is 26.8 Å². The number of anilines is 1. The summed E-state index contributed by atoms with van der Waals surface area (Å²) in [6, 6.07) is 14.8. The van der Waals surface area contributed by atoms with Gasteiger partial charge in [-0.3, -0.25) is 9.67 Å². The Hall–Kier alpha value is -2.66. The second-order valence-electron chi connectivity index (χ2n) is 10.5. The molecule has 5 heteroatoms. The molecule has 0 radical (unpaired) electrons. The van der Waals surface area contributed by atoms with Gasteiger partial charge in [-0.05, 0) is 63.0 Å². The van der Waals surface area contributed by atoms with Crippen LogP contribution in [0.5, 0.6) is 0 Å². The van der Waals surface area contributed by atoms with Crippen LogP contribution in [-0.2, 0) is 19.5 Å². The first-order valence-corrected chi connectivity index (χ1v) is 12.1. The molecule has 3 heterocycles. The molecule has 1 aliphatic heterocycles. The van der Waals surface area contributed by atoms with Gasteiger partial charge in [0.05, 0.1) is 11.4 Å². The fourth-order valence-corrected chi connectivity index (χ4v) is 6.24. The van der Waals surface area contributed by atoms with E-state index >= 15 is 0 Å². The lowest BCUT2D eigenvalue weighted by atomic mass is 9.57. The van der Waals surface area contributed by atoms with Crippen molar-refractivity contribution >= 4 is 5.69 Å². The van der Waals surface area contributed by atoms with Crippen molar-refractivity contribution in [2.45, 2.75) is 70.5 Å². The molecule has 2 bridgehead atoms. The van der Waals surface area contributed by atoms with Crippen LogP contribution in [0.2, 0.25) is 0 Å². The first-order chi connectivity index (χ1) is 15.5. The Morgan fingerprint density at radius 3 is 2.50 bits per heavy atom. The van der Waals surface area contributed by atoms with Crippen LogP contribution in [0.15, 0.2) is 48.7 Å². The summed E-state index contributed by atoms with van der Waals surface area (Å²) in [5.41, 5.74) is 14.6. The minimum atomic E-state index is 0.130. The van der Waals surface area contributed by atoms with E-state index in [-0.39, 0.29) is 5.54 Å². The maximum atomic E-state index is 6.55. The van der Waals surface area contributed by atoms with Crippen molar-refractivity contribution in [3.63, 3.8) is 0 Å². The monoisotopic (exact) mass is 427 g/mol. The number of hydrogen-bond acceptors (Lipinski definition) is 4. The predicted molar refractivity (Wildman–Crippen MR) is 128 cm³/mol. The standard InChI is InChI=1S/C27H33N5/c1-20-23-18-31(22-7-15-29-24(17-22)21-5-3-2-4-6-21)16-8-25(23)32(30-20)19-26-9-12-27(28,13-10-26)14-11-26/h2-7,15,17H,8-14,16,18-19,28H2,1H3. The van der Waals surface area contributed by atoms with E-state index in [0.717, 1.165) is 37.3 Å². The molecule has 166 valence electrons. The molecule has 5 nitrogen and oxygen atoms in total. The molecule has 3 aromatic rings. The smallest absolute Gasteiger partial charge is 0.0722 e. The Kier molecular flexibility index (Phi) is 4.65. The van der Waals surface area contributed by atoms with Crippen molar-refractivity contribution in [3.8, 4) is 11.3 Å². The van der Waals surface area contributed by atoms with Crippen molar-refractivity contribution in [2.24, 2.45) is 11.1 Å². The van der Waals surface area contributed by atoms with Crippen LogP contribution in [0.3, 0.4) is 0 Å². The van der Waals surface area contributed by atoms with E-state index in [0.29, 0.717) is 5.41 Å². The highest BCUT2D eigenvalue weighted by Crippen LogP contribution is 2.52. The van der Waals surface area contributed by atoms with E-state index in [1.54, 1.807) is 0 Å². The zero-order valence-electron chi connectivity index (χ0n) is 19.1. The number of rotatable bonds is 4. The maximum absolute atomic E-state index is 6.55. The van der Waals surface area contributed by atoms with E-state index in [4.69, 9.17) is 10.8 Å². The molecule has 7 rings (SSSR count). The lowest BCUT2D eigenvalue weighted by Crippen LogP contribution is -2.53. The number of nitrogens with two attached hydrogens (primary N) is 1. The van der Waals surface area contributed by atoms with E-state index in [1.165, 1.54) is 61.2 Å². The maximum Gasteiger partial charge on any atom is 0.0722 e. The van der Waals surface area contributed by atoms with Crippen LogP contribution in [0.4, 0.5) is 5.69 Å². The SMILES string of the molecule is Cc1nn(CC23CCC(N)(CC2)CC3)c2c1CN(c1ccnc(-c3ccccc3)c1)CC2. The van der Waals surface area contributed by atoms with Crippen LogP contribution in [0, 0.1) is 12.3 Å². The molecule has 32 heavy (non-hydrogen) atoms. The van der Waals surface area contributed by atoms with Gasteiger partial charge in [0, 0.05) is 60.3 Å². The van der Waals surface area contributed by atoms with Gasteiger partial charge < -0.3 is 10.6 Å². The van der Waals surface area contributed by atoms with Gasteiger partial charge in [0.2, 0.25) is 0 Å². The van der Waals surface area contributed by atoms with E-state index in [1.807, 2.05) is 12.3 Å². The molecule has 0 unspecified atom stereocenters. The highest BCUT2D eigenvalue weighted by molar-refractivity contribution is 5.64. The van der Waals surface area contributed by atoms with Gasteiger partial charge in [-0.15, -0.1) is 0 Å². The molecule has 4 aliphatic rings. The largest absolute Gasteiger partial charge is 0.367 e. The Morgan fingerprint density at radius 2 is 1.75 bits per heavy atom. The quantitative estimate of drug-likeness (QED) is 0.645. The molecule has 3 fully saturated rings. The summed E-state index contributed by atoms with van der Waals surface area (Å²) in [6.07, 6.45) is 10.4. The third-order valence-electron chi connectivity index (χ3n) is 8.46. The molecule has 0 atom stereocenters. The van der Waals surface area contributed by atoms with Gasteiger partial charge in [-0.2, -0.15) is 5.10 Å². The molecule has 0 saturated heterocycles. The Balaban J connectivity index is 1.23. The van der Waals surface area contributed by atoms with Gasteiger partial charge in [-0.25, -0.2) is 0 Å². The molecule has 0 amide bonds. The summed E-state index contributed by atoms with van der Waals surface area (Å²) in [6.45, 7) is 5.21. The third kappa shape index (κ3) is 3.43. The number of aromatic nitrogens is 3. The van der Waals surface area contributed by atoms with Crippen LogP contribution in [0.25, 0.3) is 11.3 Å². The molecule has 2 aromatic heterocycles. The summed E-state index contributed by atoms with van der Waals surface area (Å²) in [5, 5.41) is 5.05. The molecule has 1 aromatic carbocycles. The molecular weight excluding hydrogens is 394 g/mol. The van der Waals surface area contributed by atoms with Crippen LogP contribution >= 0.6 is 0 Å². The summed E-state index contributed by atoms with van der Waals surface area (Å²) >= 11 is 0. The first kappa shape index (κ1) is 20.0. The van der Waals surface area contributed by atoms with E-state index in [2.05, 4.69) is 57.9 Å². The summed E-state index contributed by atoms with van der Waals surface area (Å²) < 4.78 is 2.37. The lowest BCUT2D eigenvalue weighted by Gasteiger charge is -2.52. The average molecular weight is 428 g/mol. The molecule has 3 saturated carbocycles. The van der Waals surface area contributed by atoms with E-state index in [9.17, 15) is 0 Å². The van der Waals surface area contributed by atoms with Crippen molar-refractivity contribution in [1.82, 2.24) is 14.8 Å². The summed E-state index contributed by atoms with van der Waals surface area (Å²) in [4.78, 5) is 7.09. The van der Waals surface area contributed by atoms with Crippen molar-refractivity contribution in [3.05, 3.63) is 65.6 Å². The molecular formula is C27H33N5. The van der Waals surface area contributed by atoms with Gasteiger partial charge in [-0.1, -0.05) is 30.3 Å². The molecule has 0 spiro atoms. The molecule has 2 N–H and O–H groups in total. The van der Waals surface area contributed by atoms with Gasteiger partial charge in [0.1, 0.15) is 0 Å². The minimum Gasteiger partial charge on any atom is -0.367 e. The summed E-state index contributed by atoms with van der Waals surface area (Å²) in [5.74, 6) is 0. The number of benzene rings is 1. The Bertz CT molecular complexity index is 1110. The number of hydrogen-bond donors (Lipinski definition) is 1. The minimum absolute atomic E-state index is 0.130. The number of fused-ring (bicyclic) bond motifs is 4. The van der Waals surface area contributed by atoms with Crippen molar-refractivity contribution in [1.29, 1.82) is 0 Å². The lowest BCUT2D eigenvalue weighted by molar-refractivity contribution is 0.0263. The number of pyridine rings is 1. The van der Waals surface area contributed by atoms with Crippen molar-refractivity contribution < 1.29 is 0 Å². The Labute approximate surface area is 190 Å². The fraction of sp³-hybridized carbons (Fsp3) is 0.481. The number of nitrogens with zero attached hydrogens (tertiary/aromatic N) is 4. The van der Waals surface area contributed by atoms with E-state index < -0.39 is 0 Å². The topological polar surface area (TPSA) is 60.0 Å². The summed E-state index contributed by atoms with van der Waals surface area (Å²) in [7, 11) is 0. The van der Waals surface area contributed by atoms with Gasteiger partial charge in [0.15, 0.2) is 0 Å². The fourth-order valence-electron chi connectivity index (χ4n) is 6.24. The highest BCUT2D eigenvalue weighted by Gasteiger charge is 2.47. The van der Waals surface area contributed by atoms with Gasteiger partial charge >= 0.3 is 0 Å². The first-order valence-electron chi connectivity index (χ1n) is 12.1. The zero-order chi connectivity index (χ0) is 21.8. The second-order valence-corrected chi connectivity index (χ2v) is 10.5. The Morgan fingerprint density at radius 1 is 1.00 bits per heavy atom. The van der Waals surface area contributed by atoms with Crippen LogP contribution < -0.4 is 10.6 Å². The highest BCUT2D eigenvalue weighted by atomic mass is 15.3. The predicted octanol–water partition coefficient (Wildman–Crippen LogP) is 4.87. The zero-order valence-corrected chi connectivity index (χ0v) is 19.1. The third-order valence-corrected chi connectivity index (χ3v) is 8.46. The second kappa shape index (κ2) is 7.45. The van der Waals surface area contributed by atoms with Crippen molar-refractivity contribution in [2.75, 3.05) is 11.4 Å². The van der Waals surface area contributed by atoms with Crippen LogP contribution in [0.1, 0.15) is 55.5 Å².